The first-order chi connectivity index (χ1) is 8.90. The van der Waals surface area contributed by atoms with Crippen molar-refractivity contribution in [2.45, 2.75) is 12.5 Å². The number of hydrogen-bond donors (Lipinski definition) is 1. The minimum absolute atomic E-state index is 0.325. The summed E-state index contributed by atoms with van der Waals surface area (Å²) in [6.07, 6.45) is 0. The maximum Gasteiger partial charge on any atom is 0.330 e. The molecule has 0 aliphatic heterocycles. The lowest BCUT2D eigenvalue weighted by Gasteiger charge is -2.29. The van der Waals surface area contributed by atoms with E-state index >= 15 is 0 Å². The fourth-order valence-corrected chi connectivity index (χ4v) is 2.02. The van der Waals surface area contributed by atoms with Crippen LogP contribution in [0.4, 0.5) is 0 Å². The van der Waals surface area contributed by atoms with Gasteiger partial charge in [-0.1, -0.05) is 23.7 Å². The summed E-state index contributed by atoms with van der Waals surface area (Å²) < 4.78 is 4.91. The summed E-state index contributed by atoms with van der Waals surface area (Å²) in [5.74, 6) is -0.325. The van der Waals surface area contributed by atoms with Gasteiger partial charge in [-0.15, -0.1) is 0 Å². The molecule has 1 atom stereocenters. The van der Waals surface area contributed by atoms with Crippen LogP contribution in [0.3, 0.4) is 0 Å². The second kappa shape index (κ2) is 6.89. The van der Waals surface area contributed by atoms with E-state index < -0.39 is 5.54 Å². The highest BCUT2D eigenvalue weighted by Gasteiger charge is 2.35. The maximum atomic E-state index is 12.1. The number of nitrogens with zero attached hydrogens (tertiary/aromatic N) is 1. The van der Waals surface area contributed by atoms with Crippen molar-refractivity contribution >= 4 is 17.6 Å². The summed E-state index contributed by atoms with van der Waals surface area (Å²) in [4.78, 5) is 14.1. The third-order valence-electron chi connectivity index (χ3n) is 3.03. The highest BCUT2D eigenvalue weighted by Crippen LogP contribution is 2.24. The zero-order chi connectivity index (χ0) is 14.5. The molecule has 4 nitrogen and oxygen atoms in total. The Morgan fingerprint density at radius 3 is 2.68 bits per heavy atom. The molecule has 1 N–H and O–H groups in total. The minimum Gasteiger partial charge on any atom is -0.467 e. The van der Waals surface area contributed by atoms with Crippen LogP contribution in [0.1, 0.15) is 12.5 Å². The van der Waals surface area contributed by atoms with Crippen molar-refractivity contribution in [3.05, 3.63) is 34.9 Å². The lowest BCUT2D eigenvalue weighted by atomic mass is 9.92. The van der Waals surface area contributed by atoms with Gasteiger partial charge in [0.2, 0.25) is 0 Å². The van der Waals surface area contributed by atoms with E-state index in [1.165, 1.54) is 7.11 Å². The van der Waals surface area contributed by atoms with E-state index in [1.54, 1.807) is 19.1 Å². The smallest absolute Gasteiger partial charge is 0.330 e. The lowest BCUT2D eigenvalue weighted by Crippen LogP contribution is -2.49. The number of methoxy groups -OCH3 is 1. The van der Waals surface area contributed by atoms with E-state index in [1.807, 2.05) is 31.1 Å². The Morgan fingerprint density at radius 1 is 1.47 bits per heavy atom. The molecule has 0 amide bonds. The minimum atomic E-state index is -0.893. The number of carbonyl (C=O) groups is 1. The number of ether oxygens (including phenoxy) is 1. The molecule has 1 rings (SSSR count). The average molecular weight is 285 g/mol. The van der Waals surface area contributed by atoms with E-state index in [4.69, 9.17) is 16.3 Å². The Morgan fingerprint density at radius 2 is 2.16 bits per heavy atom. The molecule has 0 heterocycles. The molecule has 0 bridgehead atoms. The number of esters is 1. The molecule has 0 aliphatic rings. The number of carbonyl (C=O) groups excluding carboxylic acids is 1. The van der Waals surface area contributed by atoms with Gasteiger partial charge in [0.05, 0.1) is 7.11 Å². The second-order valence-electron chi connectivity index (χ2n) is 4.86. The van der Waals surface area contributed by atoms with Crippen LogP contribution >= 0.6 is 11.6 Å². The van der Waals surface area contributed by atoms with Crippen LogP contribution in [0.25, 0.3) is 0 Å². The number of likely N-dealkylation sites (N-methyl/N-ethyl adjacent to an activating group) is 1. The van der Waals surface area contributed by atoms with Gasteiger partial charge in [0, 0.05) is 18.1 Å². The van der Waals surface area contributed by atoms with Crippen LogP contribution in [-0.2, 0) is 15.1 Å². The van der Waals surface area contributed by atoms with Crippen molar-refractivity contribution in [3.63, 3.8) is 0 Å². The molecule has 1 aromatic rings. The average Bonchev–Trinajstić information content (AvgIpc) is 2.37. The molecule has 0 saturated carbocycles. The predicted octanol–water partition coefficient (Wildman–Crippen LogP) is 1.88. The SMILES string of the molecule is COC(=O)C(C)(NCCN(C)C)c1cccc(Cl)c1. The first kappa shape index (κ1) is 16.0. The standard InChI is InChI=1S/C14H21ClN2O2/c1-14(13(18)19-4,16-8-9-17(2)3)11-6-5-7-12(15)10-11/h5-7,10,16H,8-9H2,1-4H3. The van der Waals surface area contributed by atoms with Crippen molar-refractivity contribution in [2.75, 3.05) is 34.3 Å². The molecule has 1 aromatic carbocycles. The highest BCUT2D eigenvalue weighted by molar-refractivity contribution is 6.30. The first-order valence-electron chi connectivity index (χ1n) is 6.14. The maximum absolute atomic E-state index is 12.1. The topological polar surface area (TPSA) is 41.6 Å². The number of hydrogen-bond acceptors (Lipinski definition) is 4. The largest absolute Gasteiger partial charge is 0.467 e. The van der Waals surface area contributed by atoms with E-state index in [9.17, 15) is 4.79 Å². The summed E-state index contributed by atoms with van der Waals surface area (Å²) >= 11 is 6.00. The number of nitrogens with one attached hydrogen (secondary N) is 1. The van der Waals surface area contributed by atoms with Gasteiger partial charge in [-0.05, 0) is 38.7 Å². The van der Waals surface area contributed by atoms with Crippen LogP contribution in [-0.4, -0.2) is 45.2 Å². The number of benzene rings is 1. The van der Waals surface area contributed by atoms with Crippen LogP contribution < -0.4 is 5.32 Å². The van der Waals surface area contributed by atoms with Crippen LogP contribution in [0.2, 0.25) is 5.02 Å². The van der Waals surface area contributed by atoms with Gasteiger partial charge in [0.15, 0.2) is 0 Å². The Hall–Kier alpha value is -1.10. The van der Waals surface area contributed by atoms with E-state index in [0.29, 0.717) is 11.6 Å². The van der Waals surface area contributed by atoms with E-state index in [-0.39, 0.29) is 5.97 Å². The Balaban J connectivity index is 2.96. The summed E-state index contributed by atoms with van der Waals surface area (Å²) in [5, 5.41) is 3.85. The van der Waals surface area contributed by atoms with Gasteiger partial charge in [-0.2, -0.15) is 0 Å². The number of halogens is 1. The van der Waals surface area contributed by atoms with Gasteiger partial charge < -0.3 is 9.64 Å². The molecule has 0 aromatic heterocycles. The van der Waals surface area contributed by atoms with Crippen molar-refractivity contribution < 1.29 is 9.53 Å². The Labute approximate surface area is 119 Å². The van der Waals surface area contributed by atoms with Crippen molar-refractivity contribution in [2.24, 2.45) is 0 Å². The van der Waals surface area contributed by atoms with E-state index in [0.717, 1.165) is 12.1 Å². The molecular formula is C14H21ClN2O2. The van der Waals surface area contributed by atoms with Crippen molar-refractivity contribution in [3.8, 4) is 0 Å². The van der Waals surface area contributed by atoms with Crippen molar-refractivity contribution in [1.29, 1.82) is 0 Å². The number of rotatable bonds is 6. The molecule has 5 heteroatoms. The summed E-state index contributed by atoms with van der Waals surface area (Å²) in [6, 6.07) is 7.25. The Kier molecular flexibility index (Phi) is 5.79. The highest BCUT2D eigenvalue weighted by atomic mass is 35.5. The third-order valence-corrected chi connectivity index (χ3v) is 3.27. The molecule has 0 saturated heterocycles. The zero-order valence-corrected chi connectivity index (χ0v) is 12.6. The predicted molar refractivity (Wildman–Crippen MR) is 77.4 cm³/mol. The molecule has 0 aliphatic carbocycles. The third kappa shape index (κ3) is 4.20. The van der Waals surface area contributed by atoms with Gasteiger partial charge in [-0.3, -0.25) is 5.32 Å². The van der Waals surface area contributed by atoms with Crippen LogP contribution in [0, 0.1) is 0 Å². The summed E-state index contributed by atoms with van der Waals surface area (Å²) in [5.41, 5.74) is -0.0963. The normalized spacial score (nSPS) is 14.2. The Bertz CT molecular complexity index is 437. The molecule has 0 spiro atoms. The van der Waals surface area contributed by atoms with Crippen molar-refractivity contribution in [1.82, 2.24) is 10.2 Å². The molecular weight excluding hydrogens is 264 g/mol. The van der Waals surface area contributed by atoms with Gasteiger partial charge in [0.25, 0.3) is 0 Å². The lowest BCUT2D eigenvalue weighted by molar-refractivity contribution is -0.148. The zero-order valence-electron chi connectivity index (χ0n) is 11.9. The molecule has 19 heavy (non-hydrogen) atoms. The summed E-state index contributed by atoms with van der Waals surface area (Å²) in [6.45, 7) is 3.30. The van der Waals surface area contributed by atoms with Gasteiger partial charge in [0.1, 0.15) is 5.54 Å². The fraction of sp³-hybridized carbons (Fsp3) is 0.500. The summed E-state index contributed by atoms with van der Waals surface area (Å²) in [7, 11) is 5.35. The fourth-order valence-electron chi connectivity index (χ4n) is 1.83. The molecule has 1 unspecified atom stereocenters. The quantitative estimate of drug-likeness (QED) is 0.810. The molecule has 106 valence electrons. The second-order valence-corrected chi connectivity index (χ2v) is 5.29. The molecule has 0 fully saturated rings. The van der Waals surface area contributed by atoms with Gasteiger partial charge in [-0.25, -0.2) is 4.79 Å². The van der Waals surface area contributed by atoms with Gasteiger partial charge >= 0.3 is 5.97 Å². The van der Waals surface area contributed by atoms with Crippen LogP contribution in [0.5, 0.6) is 0 Å². The van der Waals surface area contributed by atoms with Crippen LogP contribution in [0.15, 0.2) is 24.3 Å². The molecule has 0 radical (unpaired) electrons. The monoisotopic (exact) mass is 284 g/mol. The first-order valence-corrected chi connectivity index (χ1v) is 6.52. The van der Waals surface area contributed by atoms with E-state index in [2.05, 4.69) is 5.32 Å².